The van der Waals surface area contributed by atoms with Crippen LogP contribution >= 0.6 is 15.9 Å². The minimum atomic E-state index is -3.58. The van der Waals surface area contributed by atoms with Gasteiger partial charge in [-0.3, -0.25) is 4.79 Å². The largest absolute Gasteiger partial charge is 0.490 e. The van der Waals surface area contributed by atoms with Crippen molar-refractivity contribution in [3.63, 3.8) is 0 Å². The van der Waals surface area contributed by atoms with Gasteiger partial charge in [-0.2, -0.15) is 0 Å². The number of carbonyl (C=O) groups excluding carboxylic acids is 1. The minimum absolute atomic E-state index is 0.0499. The molecule has 6 nitrogen and oxygen atoms in total. The van der Waals surface area contributed by atoms with E-state index in [4.69, 9.17) is 9.26 Å². The van der Waals surface area contributed by atoms with Gasteiger partial charge in [-0.25, -0.2) is 8.42 Å². The van der Waals surface area contributed by atoms with Crippen LogP contribution in [0.3, 0.4) is 0 Å². The number of benzene rings is 1. The van der Waals surface area contributed by atoms with Crippen LogP contribution in [0.4, 0.5) is 0 Å². The van der Waals surface area contributed by atoms with Gasteiger partial charge >= 0.3 is 0 Å². The van der Waals surface area contributed by atoms with Gasteiger partial charge in [0.1, 0.15) is 11.5 Å². The average Bonchev–Trinajstić information content (AvgIpc) is 3.24. The molecular weight excluding hydrogens is 386 g/mol. The van der Waals surface area contributed by atoms with Gasteiger partial charge in [0.2, 0.25) is 0 Å². The maximum Gasteiger partial charge on any atom is 0.199 e. The van der Waals surface area contributed by atoms with E-state index in [9.17, 15) is 13.2 Å². The minimum Gasteiger partial charge on any atom is -0.490 e. The lowest BCUT2D eigenvalue weighted by Gasteiger charge is -2.21. The first kappa shape index (κ1) is 14.9. The van der Waals surface area contributed by atoms with Crippen molar-refractivity contribution in [2.45, 2.75) is 23.7 Å². The first-order valence-electron chi connectivity index (χ1n) is 7.16. The number of aromatic nitrogens is 1. The summed E-state index contributed by atoms with van der Waals surface area (Å²) in [6, 6.07) is 3.12. The Morgan fingerprint density at radius 2 is 2.04 bits per heavy atom. The van der Waals surface area contributed by atoms with Gasteiger partial charge in [-0.15, -0.1) is 0 Å². The van der Waals surface area contributed by atoms with E-state index < -0.39 is 15.6 Å². The van der Waals surface area contributed by atoms with Crippen molar-refractivity contribution in [1.29, 1.82) is 0 Å². The highest BCUT2D eigenvalue weighted by Crippen LogP contribution is 2.43. The highest BCUT2D eigenvalue weighted by Gasteiger charge is 2.36. The Bertz CT molecular complexity index is 914. The summed E-state index contributed by atoms with van der Waals surface area (Å²) in [5.74, 6) is 0.407. The van der Waals surface area contributed by atoms with Gasteiger partial charge < -0.3 is 9.26 Å². The molecule has 0 saturated heterocycles. The van der Waals surface area contributed by atoms with Crippen LogP contribution in [0.25, 0.3) is 0 Å². The first-order chi connectivity index (χ1) is 11.0. The van der Waals surface area contributed by atoms with Gasteiger partial charge in [0, 0.05) is 11.5 Å². The summed E-state index contributed by atoms with van der Waals surface area (Å²) in [5.41, 5.74) is 0.436. The van der Waals surface area contributed by atoms with Gasteiger partial charge in [0.05, 0.1) is 22.0 Å². The average molecular weight is 398 g/mol. The summed E-state index contributed by atoms with van der Waals surface area (Å²) in [6.07, 6.45) is 3.27. The van der Waals surface area contributed by atoms with E-state index in [0.29, 0.717) is 15.8 Å². The molecule has 1 aromatic carbocycles. The summed E-state index contributed by atoms with van der Waals surface area (Å²) in [4.78, 5) is 12.8. The molecule has 4 rings (SSSR count). The van der Waals surface area contributed by atoms with E-state index in [1.165, 1.54) is 12.3 Å². The lowest BCUT2D eigenvalue weighted by atomic mass is 10.0. The third-order valence-electron chi connectivity index (χ3n) is 4.01. The van der Waals surface area contributed by atoms with Gasteiger partial charge in [-0.05, 0) is 40.9 Å². The Kier molecular flexibility index (Phi) is 3.35. The summed E-state index contributed by atoms with van der Waals surface area (Å²) in [5, 5.41) is 3.71. The number of hydrogen-bond donors (Lipinski definition) is 0. The second-order valence-corrected chi connectivity index (χ2v) is 8.53. The Morgan fingerprint density at radius 3 is 2.78 bits per heavy atom. The number of ketones is 1. The van der Waals surface area contributed by atoms with E-state index in [1.807, 2.05) is 0 Å². The van der Waals surface area contributed by atoms with Crippen LogP contribution in [0.2, 0.25) is 0 Å². The molecule has 1 saturated carbocycles. The molecule has 1 aliphatic carbocycles. The second-order valence-electron chi connectivity index (χ2n) is 5.63. The molecule has 1 aliphatic heterocycles. The van der Waals surface area contributed by atoms with Crippen LogP contribution < -0.4 is 4.74 Å². The molecule has 0 N–H and O–H groups in total. The zero-order valence-electron chi connectivity index (χ0n) is 11.9. The van der Waals surface area contributed by atoms with Crippen molar-refractivity contribution >= 4 is 31.6 Å². The predicted molar refractivity (Wildman–Crippen MR) is 83.6 cm³/mol. The highest BCUT2D eigenvalue weighted by molar-refractivity contribution is 9.10. The Balaban J connectivity index is 1.89. The smallest absolute Gasteiger partial charge is 0.199 e. The second kappa shape index (κ2) is 5.17. The quantitative estimate of drug-likeness (QED) is 0.739. The van der Waals surface area contributed by atoms with Crippen molar-refractivity contribution < 1.29 is 22.5 Å². The fourth-order valence-corrected chi connectivity index (χ4v) is 4.75. The number of rotatable bonds is 3. The lowest BCUT2D eigenvalue weighted by molar-refractivity contribution is 0.103. The number of hydrogen-bond acceptors (Lipinski definition) is 6. The fourth-order valence-electron chi connectivity index (χ4n) is 2.72. The number of carbonyl (C=O) groups is 1. The topological polar surface area (TPSA) is 86.5 Å². The summed E-state index contributed by atoms with van der Waals surface area (Å²) < 4.78 is 36.1. The normalized spacial score (nSPS) is 19.0. The Labute approximate surface area is 140 Å². The molecule has 1 aromatic heterocycles. The van der Waals surface area contributed by atoms with Crippen molar-refractivity contribution in [1.82, 2.24) is 5.16 Å². The summed E-state index contributed by atoms with van der Waals surface area (Å²) in [7, 11) is -3.58. The highest BCUT2D eigenvalue weighted by atomic mass is 79.9. The SMILES string of the molecule is O=C(c1cnoc1C1CC1)c1ccc(Br)c2c1S(=O)(=O)CCO2. The molecule has 23 heavy (non-hydrogen) atoms. The molecule has 0 atom stereocenters. The number of ether oxygens (including phenoxy) is 1. The molecule has 0 spiro atoms. The number of sulfone groups is 1. The molecular formula is C15H12BrNO5S. The molecule has 0 bridgehead atoms. The summed E-state index contributed by atoms with van der Waals surface area (Å²) in [6.45, 7) is 0.0756. The van der Waals surface area contributed by atoms with Crippen molar-refractivity contribution in [2.24, 2.45) is 0 Å². The van der Waals surface area contributed by atoms with Crippen molar-refractivity contribution in [2.75, 3.05) is 12.4 Å². The number of fused-ring (bicyclic) bond motifs is 1. The predicted octanol–water partition coefficient (Wildman–Crippen LogP) is 2.71. The van der Waals surface area contributed by atoms with Gasteiger partial charge in [-0.1, -0.05) is 5.16 Å². The van der Waals surface area contributed by atoms with Crippen LogP contribution in [-0.2, 0) is 9.84 Å². The monoisotopic (exact) mass is 397 g/mol. The zero-order chi connectivity index (χ0) is 16.2. The van der Waals surface area contributed by atoms with Crippen LogP contribution in [-0.4, -0.2) is 31.7 Å². The molecule has 2 aromatic rings. The molecule has 2 aliphatic rings. The standard InChI is InChI=1S/C15H12BrNO5S/c16-11-4-3-9(15-14(11)21-5-6-23(15,19)20)12(18)10-7-17-22-13(10)8-1-2-8/h3-4,7-8H,1-2,5-6H2. The zero-order valence-corrected chi connectivity index (χ0v) is 14.3. The molecule has 0 radical (unpaired) electrons. The van der Waals surface area contributed by atoms with Crippen molar-refractivity contribution in [3.8, 4) is 5.75 Å². The molecule has 0 unspecified atom stereocenters. The molecule has 0 amide bonds. The molecule has 2 heterocycles. The van der Waals surface area contributed by atoms with Crippen LogP contribution in [0.15, 0.2) is 32.2 Å². The first-order valence-corrected chi connectivity index (χ1v) is 9.61. The van der Waals surface area contributed by atoms with E-state index in [0.717, 1.165) is 12.8 Å². The van der Waals surface area contributed by atoms with Crippen LogP contribution in [0.1, 0.15) is 40.4 Å². The van der Waals surface area contributed by atoms with Crippen molar-refractivity contribution in [3.05, 3.63) is 39.7 Å². The number of halogens is 1. The molecule has 1 fully saturated rings. The molecule has 120 valence electrons. The third kappa shape index (κ3) is 2.40. The van der Waals surface area contributed by atoms with E-state index in [-0.39, 0.29) is 34.5 Å². The maximum absolute atomic E-state index is 12.9. The summed E-state index contributed by atoms with van der Waals surface area (Å²) >= 11 is 3.28. The van der Waals surface area contributed by atoms with E-state index in [1.54, 1.807) is 6.07 Å². The Hall–Kier alpha value is -1.67. The maximum atomic E-state index is 12.9. The fraction of sp³-hybridized carbons (Fsp3) is 0.333. The number of nitrogens with zero attached hydrogens (tertiary/aromatic N) is 1. The van der Waals surface area contributed by atoms with E-state index in [2.05, 4.69) is 21.1 Å². The lowest BCUT2D eigenvalue weighted by Crippen LogP contribution is -2.24. The molecule has 8 heteroatoms. The van der Waals surface area contributed by atoms with E-state index >= 15 is 0 Å². The Morgan fingerprint density at radius 1 is 1.26 bits per heavy atom. The third-order valence-corrected chi connectivity index (χ3v) is 6.37. The van der Waals surface area contributed by atoms with Gasteiger partial charge in [0.25, 0.3) is 0 Å². The van der Waals surface area contributed by atoms with Crippen LogP contribution in [0, 0.1) is 0 Å². The van der Waals surface area contributed by atoms with Gasteiger partial charge in [0.15, 0.2) is 27.1 Å². The van der Waals surface area contributed by atoms with Crippen LogP contribution in [0.5, 0.6) is 5.75 Å².